The number of aryl methyl sites for hydroxylation is 1. The fourth-order valence-corrected chi connectivity index (χ4v) is 4.16. The Bertz CT molecular complexity index is 943. The molecule has 0 atom stereocenters. The topological polar surface area (TPSA) is 42.0 Å². The zero-order valence-corrected chi connectivity index (χ0v) is 17.1. The molecule has 7 heteroatoms. The number of nitrogens with zero attached hydrogens (tertiary/aromatic N) is 1. The molecule has 0 radical (unpaired) electrons. The number of benzene rings is 2. The van der Waals surface area contributed by atoms with Crippen molar-refractivity contribution in [2.45, 2.75) is 13.5 Å². The molecule has 0 saturated heterocycles. The van der Waals surface area contributed by atoms with Gasteiger partial charge in [-0.2, -0.15) is 0 Å². The second-order valence-electron chi connectivity index (χ2n) is 5.31. The van der Waals surface area contributed by atoms with Crippen LogP contribution in [0.25, 0.3) is 10.6 Å². The Morgan fingerprint density at radius 1 is 1.20 bits per heavy atom. The van der Waals surface area contributed by atoms with Crippen LogP contribution in [-0.2, 0) is 6.54 Å². The molecule has 0 aliphatic carbocycles. The Labute approximate surface area is 168 Å². The number of carbonyl (C=O) groups is 1. The van der Waals surface area contributed by atoms with E-state index in [4.69, 9.17) is 23.2 Å². The van der Waals surface area contributed by atoms with Crippen LogP contribution in [0.5, 0.6) is 0 Å². The lowest BCUT2D eigenvalue weighted by atomic mass is 10.2. The highest BCUT2D eigenvalue weighted by Gasteiger charge is 2.15. The van der Waals surface area contributed by atoms with Crippen LogP contribution in [0.2, 0.25) is 10.0 Å². The molecule has 1 heterocycles. The molecule has 3 nitrogen and oxygen atoms in total. The number of rotatable bonds is 4. The van der Waals surface area contributed by atoms with Crippen LogP contribution in [-0.4, -0.2) is 10.9 Å². The van der Waals surface area contributed by atoms with Gasteiger partial charge in [-0.1, -0.05) is 57.3 Å². The minimum absolute atomic E-state index is 0.224. The number of halogens is 3. The third kappa shape index (κ3) is 4.23. The standard InChI is InChI=1S/C18H13BrCl2N2OS/c1-10-16(25-18(23-10)12-4-2-3-5-14(12)20)9-22-17(24)13-8-11(19)6-7-15(13)21/h2-8H,9H2,1H3,(H,22,24). The van der Waals surface area contributed by atoms with Crippen molar-refractivity contribution in [3.05, 3.63) is 73.1 Å². The molecule has 2 aromatic carbocycles. The van der Waals surface area contributed by atoms with Crippen molar-refractivity contribution in [1.82, 2.24) is 10.3 Å². The lowest BCUT2D eigenvalue weighted by Gasteiger charge is -2.06. The molecule has 0 spiro atoms. The monoisotopic (exact) mass is 454 g/mol. The van der Waals surface area contributed by atoms with Crippen LogP contribution in [0, 0.1) is 6.92 Å². The summed E-state index contributed by atoms with van der Waals surface area (Å²) in [7, 11) is 0. The van der Waals surface area contributed by atoms with E-state index in [1.54, 1.807) is 18.2 Å². The molecular formula is C18H13BrCl2N2OS. The Hall–Kier alpha value is -1.40. The lowest BCUT2D eigenvalue weighted by molar-refractivity contribution is 0.0951. The first kappa shape index (κ1) is 18.4. The van der Waals surface area contributed by atoms with Gasteiger partial charge in [0.2, 0.25) is 0 Å². The van der Waals surface area contributed by atoms with Crippen molar-refractivity contribution in [2.24, 2.45) is 0 Å². The molecule has 1 aromatic heterocycles. The van der Waals surface area contributed by atoms with Gasteiger partial charge in [0, 0.05) is 14.9 Å². The van der Waals surface area contributed by atoms with Crippen LogP contribution in [0.4, 0.5) is 0 Å². The summed E-state index contributed by atoms with van der Waals surface area (Å²) in [5.74, 6) is -0.224. The Kier molecular flexibility index (Phi) is 5.79. The van der Waals surface area contributed by atoms with Gasteiger partial charge in [-0.3, -0.25) is 4.79 Å². The molecule has 25 heavy (non-hydrogen) atoms. The Balaban J connectivity index is 1.77. The summed E-state index contributed by atoms with van der Waals surface area (Å²) in [5.41, 5.74) is 2.20. The van der Waals surface area contributed by atoms with Crippen molar-refractivity contribution in [1.29, 1.82) is 0 Å². The van der Waals surface area contributed by atoms with E-state index in [1.165, 1.54) is 11.3 Å². The predicted molar refractivity (Wildman–Crippen MR) is 108 cm³/mol. The van der Waals surface area contributed by atoms with Gasteiger partial charge in [0.25, 0.3) is 5.91 Å². The Morgan fingerprint density at radius 2 is 1.96 bits per heavy atom. The third-order valence-electron chi connectivity index (χ3n) is 3.58. The average Bonchev–Trinajstić information content (AvgIpc) is 2.96. The maximum absolute atomic E-state index is 12.4. The fourth-order valence-electron chi connectivity index (χ4n) is 2.27. The first-order valence-corrected chi connectivity index (χ1v) is 9.76. The minimum atomic E-state index is -0.224. The molecule has 0 bridgehead atoms. The van der Waals surface area contributed by atoms with Crippen LogP contribution in [0.15, 0.2) is 46.9 Å². The number of carbonyl (C=O) groups excluding carboxylic acids is 1. The van der Waals surface area contributed by atoms with Gasteiger partial charge in [-0.05, 0) is 31.2 Å². The molecule has 0 aliphatic rings. The van der Waals surface area contributed by atoms with Gasteiger partial charge in [-0.15, -0.1) is 11.3 Å². The SMILES string of the molecule is Cc1nc(-c2ccccc2Cl)sc1CNC(=O)c1cc(Br)ccc1Cl. The van der Waals surface area contributed by atoms with E-state index < -0.39 is 0 Å². The average molecular weight is 456 g/mol. The van der Waals surface area contributed by atoms with Crippen LogP contribution < -0.4 is 5.32 Å². The van der Waals surface area contributed by atoms with Gasteiger partial charge in [0.05, 0.1) is 27.8 Å². The highest BCUT2D eigenvalue weighted by molar-refractivity contribution is 9.10. The van der Waals surface area contributed by atoms with E-state index in [2.05, 4.69) is 26.2 Å². The number of aromatic nitrogens is 1. The summed E-state index contributed by atoms with van der Waals surface area (Å²) in [5, 5.41) is 4.81. The summed E-state index contributed by atoms with van der Waals surface area (Å²) < 4.78 is 0.803. The van der Waals surface area contributed by atoms with Crippen LogP contribution in [0.3, 0.4) is 0 Å². The van der Waals surface area contributed by atoms with Crippen LogP contribution >= 0.6 is 50.5 Å². The first-order chi connectivity index (χ1) is 12.0. The van der Waals surface area contributed by atoms with Crippen LogP contribution in [0.1, 0.15) is 20.9 Å². The van der Waals surface area contributed by atoms with E-state index in [9.17, 15) is 4.79 Å². The molecule has 0 saturated carbocycles. The van der Waals surface area contributed by atoms with E-state index >= 15 is 0 Å². The van der Waals surface area contributed by atoms with Crippen molar-refractivity contribution >= 4 is 56.4 Å². The molecule has 0 unspecified atom stereocenters. The van der Waals surface area contributed by atoms with Gasteiger partial charge < -0.3 is 5.32 Å². The summed E-state index contributed by atoms with van der Waals surface area (Å²) >= 11 is 17.2. The predicted octanol–water partition coefficient (Wildman–Crippen LogP) is 6.12. The molecule has 128 valence electrons. The van der Waals surface area contributed by atoms with Gasteiger partial charge in [-0.25, -0.2) is 4.98 Å². The number of thiazole rings is 1. The minimum Gasteiger partial charge on any atom is -0.347 e. The van der Waals surface area contributed by atoms with Crippen molar-refractivity contribution in [2.75, 3.05) is 0 Å². The quantitative estimate of drug-likeness (QED) is 0.514. The molecule has 3 aromatic rings. The van der Waals surface area contributed by atoms with Crippen molar-refractivity contribution in [3.8, 4) is 10.6 Å². The number of hydrogen-bond donors (Lipinski definition) is 1. The normalized spacial score (nSPS) is 10.7. The maximum Gasteiger partial charge on any atom is 0.253 e. The second-order valence-corrected chi connectivity index (χ2v) is 8.13. The zero-order valence-electron chi connectivity index (χ0n) is 13.1. The molecule has 1 amide bonds. The zero-order chi connectivity index (χ0) is 18.0. The first-order valence-electron chi connectivity index (χ1n) is 7.40. The number of nitrogens with one attached hydrogen (secondary N) is 1. The van der Waals surface area contributed by atoms with Gasteiger partial charge in [0.15, 0.2) is 0 Å². The van der Waals surface area contributed by atoms with E-state index in [1.807, 2.05) is 31.2 Å². The summed E-state index contributed by atoms with van der Waals surface area (Å²) in [6, 6.07) is 12.8. The molecule has 1 N–H and O–H groups in total. The molecule has 0 fully saturated rings. The van der Waals surface area contributed by atoms with Gasteiger partial charge >= 0.3 is 0 Å². The summed E-state index contributed by atoms with van der Waals surface area (Å²) in [4.78, 5) is 17.9. The molecular weight excluding hydrogens is 443 g/mol. The largest absolute Gasteiger partial charge is 0.347 e. The highest BCUT2D eigenvalue weighted by Crippen LogP contribution is 2.32. The summed E-state index contributed by atoms with van der Waals surface area (Å²) in [6.45, 7) is 2.31. The maximum atomic E-state index is 12.4. The van der Waals surface area contributed by atoms with E-state index in [0.717, 1.165) is 25.6 Å². The lowest BCUT2D eigenvalue weighted by Crippen LogP contribution is -2.23. The second kappa shape index (κ2) is 7.87. The van der Waals surface area contributed by atoms with E-state index in [-0.39, 0.29) is 5.91 Å². The van der Waals surface area contributed by atoms with Crippen molar-refractivity contribution < 1.29 is 4.79 Å². The summed E-state index contributed by atoms with van der Waals surface area (Å²) in [6.07, 6.45) is 0. The molecule has 3 rings (SSSR count). The van der Waals surface area contributed by atoms with Gasteiger partial charge in [0.1, 0.15) is 5.01 Å². The third-order valence-corrected chi connectivity index (χ3v) is 5.92. The smallest absolute Gasteiger partial charge is 0.253 e. The number of hydrogen-bond acceptors (Lipinski definition) is 3. The molecule has 0 aliphatic heterocycles. The Morgan fingerprint density at radius 3 is 2.72 bits per heavy atom. The fraction of sp³-hybridized carbons (Fsp3) is 0.111. The van der Waals surface area contributed by atoms with Crippen molar-refractivity contribution in [3.63, 3.8) is 0 Å². The number of amides is 1. The van der Waals surface area contributed by atoms with E-state index in [0.29, 0.717) is 22.2 Å². The highest BCUT2D eigenvalue weighted by atomic mass is 79.9.